The van der Waals surface area contributed by atoms with Gasteiger partial charge in [0.25, 0.3) is 0 Å². The lowest BCUT2D eigenvalue weighted by Gasteiger charge is -1.97. The van der Waals surface area contributed by atoms with E-state index in [2.05, 4.69) is 47.8 Å². The van der Waals surface area contributed by atoms with Crippen LogP contribution in [0.4, 0.5) is 0 Å². The van der Waals surface area contributed by atoms with E-state index in [1.807, 2.05) is 12.1 Å². The first-order valence-corrected chi connectivity index (χ1v) is 7.95. The SMILES string of the molecule is N#Cc1cccc2sc(-c3ccc4sccc4c3)cc12. The lowest BCUT2D eigenvalue weighted by atomic mass is 10.1. The van der Waals surface area contributed by atoms with Crippen LogP contribution < -0.4 is 0 Å². The molecule has 0 spiro atoms. The molecule has 2 aromatic heterocycles. The molecule has 0 radical (unpaired) electrons. The maximum atomic E-state index is 9.19. The molecule has 20 heavy (non-hydrogen) atoms. The molecule has 0 atom stereocenters. The van der Waals surface area contributed by atoms with E-state index in [1.54, 1.807) is 22.7 Å². The number of hydrogen-bond acceptors (Lipinski definition) is 3. The third kappa shape index (κ3) is 1.74. The van der Waals surface area contributed by atoms with Crippen LogP contribution in [0.5, 0.6) is 0 Å². The molecule has 0 aliphatic rings. The van der Waals surface area contributed by atoms with Crippen molar-refractivity contribution in [2.24, 2.45) is 0 Å². The number of fused-ring (bicyclic) bond motifs is 2. The summed E-state index contributed by atoms with van der Waals surface area (Å²) in [4.78, 5) is 1.22. The largest absolute Gasteiger partial charge is 0.192 e. The molecule has 0 unspecified atom stereocenters. The smallest absolute Gasteiger partial charge is 0.0998 e. The quantitative estimate of drug-likeness (QED) is 0.444. The molecule has 0 bridgehead atoms. The van der Waals surface area contributed by atoms with Gasteiger partial charge in [0.05, 0.1) is 11.6 Å². The Morgan fingerprint density at radius 3 is 2.80 bits per heavy atom. The van der Waals surface area contributed by atoms with Crippen LogP contribution in [-0.2, 0) is 0 Å². The van der Waals surface area contributed by atoms with E-state index in [4.69, 9.17) is 0 Å². The molecular formula is C17H9NS2. The van der Waals surface area contributed by atoms with Gasteiger partial charge in [-0.3, -0.25) is 0 Å². The van der Waals surface area contributed by atoms with Gasteiger partial charge in [-0.05, 0) is 52.7 Å². The molecule has 0 aliphatic heterocycles. The number of nitriles is 1. The van der Waals surface area contributed by atoms with Crippen LogP contribution in [-0.4, -0.2) is 0 Å². The van der Waals surface area contributed by atoms with Gasteiger partial charge in [0.15, 0.2) is 0 Å². The van der Waals surface area contributed by atoms with Crippen LogP contribution >= 0.6 is 22.7 Å². The van der Waals surface area contributed by atoms with E-state index in [1.165, 1.54) is 25.2 Å². The van der Waals surface area contributed by atoms with Crippen molar-refractivity contribution in [1.82, 2.24) is 0 Å². The van der Waals surface area contributed by atoms with Gasteiger partial charge in [-0.15, -0.1) is 22.7 Å². The summed E-state index contributed by atoms with van der Waals surface area (Å²) in [6.07, 6.45) is 0. The first-order chi connectivity index (χ1) is 9.85. The summed E-state index contributed by atoms with van der Waals surface area (Å²) in [6.45, 7) is 0. The molecular weight excluding hydrogens is 282 g/mol. The number of rotatable bonds is 1. The summed E-state index contributed by atoms with van der Waals surface area (Å²) in [7, 11) is 0. The Hall–Kier alpha value is -2.15. The zero-order valence-electron chi connectivity index (χ0n) is 10.5. The van der Waals surface area contributed by atoms with E-state index >= 15 is 0 Å². The Morgan fingerprint density at radius 2 is 1.90 bits per heavy atom. The molecule has 0 saturated carbocycles. The van der Waals surface area contributed by atoms with Crippen LogP contribution in [0.2, 0.25) is 0 Å². The molecule has 2 heterocycles. The van der Waals surface area contributed by atoms with Gasteiger partial charge < -0.3 is 0 Å². The molecule has 2 aromatic carbocycles. The van der Waals surface area contributed by atoms with Crippen molar-refractivity contribution in [3.63, 3.8) is 0 Å². The highest BCUT2D eigenvalue weighted by Gasteiger charge is 2.08. The fraction of sp³-hybridized carbons (Fsp3) is 0. The fourth-order valence-electron chi connectivity index (χ4n) is 2.42. The number of hydrogen-bond donors (Lipinski definition) is 0. The van der Waals surface area contributed by atoms with Crippen molar-refractivity contribution in [1.29, 1.82) is 5.26 Å². The molecule has 4 rings (SSSR count). The second-order valence-electron chi connectivity index (χ2n) is 4.61. The zero-order chi connectivity index (χ0) is 13.5. The Balaban J connectivity index is 1.95. The minimum absolute atomic E-state index is 0.751. The van der Waals surface area contributed by atoms with Gasteiger partial charge in [0.2, 0.25) is 0 Å². The van der Waals surface area contributed by atoms with E-state index in [0.29, 0.717) is 0 Å². The average Bonchev–Trinajstić information content (AvgIpc) is 3.11. The minimum Gasteiger partial charge on any atom is -0.192 e. The summed E-state index contributed by atoms with van der Waals surface area (Å²) < 4.78 is 2.48. The Kier molecular flexibility index (Phi) is 2.59. The second-order valence-corrected chi connectivity index (χ2v) is 6.64. The van der Waals surface area contributed by atoms with Gasteiger partial charge in [-0.2, -0.15) is 5.26 Å². The number of nitrogens with zero attached hydrogens (tertiary/aromatic N) is 1. The summed E-state index contributed by atoms with van der Waals surface area (Å²) in [5, 5.41) is 13.6. The van der Waals surface area contributed by atoms with Gasteiger partial charge in [-0.1, -0.05) is 12.1 Å². The van der Waals surface area contributed by atoms with E-state index in [9.17, 15) is 5.26 Å². The molecule has 0 saturated heterocycles. The minimum atomic E-state index is 0.751. The van der Waals surface area contributed by atoms with Crippen LogP contribution in [0, 0.1) is 11.3 Å². The first-order valence-electron chi connectivity index (χ1n) is 6.25. The normalized spacial score (nSPS) is 10.9. The predicted octanol–water partition coefficient (Wildman–Crippen LogP) is 5.65. The summed E-state index contributed by atoms with van der Waals surface area (Å²) in [5.74, 6) is 0. The first kappa shape index (κ1) is 11.7. The number of benzene rings is 2. The zero-order valence-corrected chi connectivity index (χ0v) is 12.1. The van der Waals surface area contributed by atoms with Crippen LogP contribution in [0.3, 0.4) is 0 Å². The van der Waals surface area contributed by atoms with Crippen molar-refractivity contribution >= 4 is 42.8 Å². The maximum absolute atomic E-state index is 9.19. The summed E-state index contributed by atoms with van der Waals surface area (Å²) in [5.41, 5.74) is 1.97. The highest BCUT2D eigenvalue weighted by atomic mass is 32.1. The second kappa shape index (κ2) is 4.45. The molecule has 0 amide bonds. The molecule has 4 aromatic rings. The van der Waals surface area contributed by atoms with Crippen LogP contribution in [0.25, 0.3) is 30.6 Å². The number of thiophene rings is 2. The lowest BCUT2D eigenvalue weighted by molar-refractivity contribution is 1.51. The van der Waals surface area contributed by atoms with Gasteiger partial charge in [0, 0.05) is 19.7 Å². The molecule has 3 heteroatoms. The van der Waals surface area contributed by atoms with E-state index < -0.39 is 0 Å². The topological polar surface area (TPSA) is 23.8 Å². The Bertz CT molecular complexity index is 969. The predicted molar refractivity (Wildman–Crippen MR) is 87.4 cm³/mol. The van der Waals surface area contributed by atoms with Gasteiger partial charge in [-0.25, -0.2) is 0 Å². The Morgan fingerprint density at radius 1 is 0.950 bits per heavy atom. The highest BCUT2D eigenvalue weighted by molar-refractivity contribution is 7.22. The third-order valence-electron chi connectivity index (χ3n) is 3.42. The van der Waals surface area contributed by atoms with Crippen molar-refractivity contribution in [2.75, 3.05) is 0 Å². The molecule has 94 valence electrons. The van der Waals surface area contributed by atoms with Crippen LogP contribution in [0.1, 0.15) is 5.56 Å². The van der Waals surface area contributed by atoms with Crippen LogP contribution in [0.15, 0.2) is 53.9 Å². The molecule has 0 N–H and O–H groups in total. The Labute approximate surface area is 124 Å². The van der Waals surface area contributed by atoms with Crippen molar-refractivity contribution in [3.8, 4) is 16.5 Å². The highest BCUT2D eigenvalue weighted by Crippen LogP contribution is 2.36. The fourth-order valence-corrected chi connectivity index (χ4v) is 4.28. The van der Waals surface area contributed by atoms with Gasteiger partial charge >= 0.3 is 0 Å². The molecule has 0 aliphatic carbocycles. The lowest BCUT2D eigenvalue weighted by Crippen LogP contribution is -1.73. The average molecular weight is 291 g/mol. The maximum Gasteiger partial charge on any atom is 0.0998 e. The molecule has 0 fully saturated rings. The van der Waals surface area contributed by atoms with Gasteiger partial charge in [0.1, 0.15) is 0 Å². The molecule has 1 nitrogen and oxygen atoms in total. The van der Waals surface area contributed by atoms with Crippen molar-refractivity contribution in [2.45, 2.75) is 0 Å². The van der Waals surface area contributed by atoms with E-state index in [0.717, 1.165) is 10.9 Å². The van der Waals surface area contributed by atoms with E-state index in [-0.39, 0.29) is 0 Å². The van der Waals surface area contributed by atoms with Crippen molar-refractivity contribution in [3.05, 3.63) is 59.5 Å². The monoisotopic (exact) mass is 291 g/mol. The third-order valence-corrected chi connectivity index (χ3v) is 5.47. The van der Waals surface area contributed by atoms with Crippen molar-refractivity contribution < 1.29 is 0 Å². The standard InChI is InChI=1S/C17H9NS2/c18-10-13-2-1-3-16-14(13)9-17(20-16)11-4-5-15-12(8-11)6-7-19-15/h1-9H. The summed E-state index contributed by atoms with van der Waals surface area (Å²) in [6, 6.07) is 19.0. The summed E-state index contributed by atoms with van der Waals surface area (Å²) >= 11 is 3.51.